The van der Waals surface area contributed by atoms with Gasteiger partial charge >= 0.3 is 0 Å². The number of likely N-dealkylation sites (tertiary alicyclic amines) is 1. The first kappa shape index (κ1) is 10.5. The SMILES string of the molecule is O=C([C@@H]1CCCO1)N1CC[C@@]12CCCNC2. The predicted molar refractivity (Wildman–Crippen MR) is 60.1 cm³/mol. The lowest BCUT2D eigenvalue weighted by Crippen LogP contribution is -2.69. The highest BCUT2D eigenvalue weighted by Crippen LogP contribution is 2.37. The normalized spacial score (nSPS) is 38.8. The Labute approximate surface area is 96.3 Å². The van der Waals surface area contributed by atoms with E-state index in [4.69, 9.17) is 4.74 Å². The van der Waals surface area contributed by atoms with E-state index in [0.29, 0.717) is 0 Å². The summed E-state index contributed by atoms with van der Waals surface area (Å²) in [5, 5.41) is 3.42. The minimum absolute atomic E-state index is 0.140. The Kier molecular flexibility index (Phi) is 2.64. The molecule has 3 rings (SSSR count). The molecular formula is C12H20N2O2. The van der Waals surface area contributed by atoms with Crippen molar-refractivity contribution in [1.82, 2.24) is 10.2 Å². The molecule has 0 bridgehead atoms. The summed E-state index contributed by atoms with van der Waals surface area (Å²) in [5.41, 5.74) is 0.140. The fraction of sp³-hybridized carbons (Fsp3) is 0.917. The molecule has 16 heavy (non-hydrogen) atoms. The Balaban J connectivity index is 1.67. The van der Waals surface area contributed by atoms with Crippen molar-refractivity contribution < 1.29 is 9.53 Å². The van der Waals surface area contributed by atoms with Gasteiger partial charge in [-0.1, -0.05) is 0 Å². The topological polar surface area (TPSA) is 41.6 Å². The van der Waals surface area contributed by atoms with Crippen molar-refractivity contribution in [2.24, 2.45) is 0 Å². The third kappa shape index (κ3) is 1.55. The van der Waals surface area contributed by atoms with E-state index < -0.39 is 0 Å². The van der Waals surface area contributed by atoms with Crippen LogP contribution in [-0.4, -0.2) is 48.7 Å². The summed E-state index contributed by atoms with van der Waals surface area (Å²) in [4.78, 5) is 14.4. The second-order valence-corrected chi connectivity index (χ2v) is 5.25. The zero-order valence-electron chi connectivity index (χ0n) is 9.71. The molecule has 3 heterocycles. The highest BCUT2D eigenvalue weighted by Gasteiger charge is 2.49. The number of piperidine rings is 1. The number of hydrogen-bond acceptors (Lipinski definition) is 3. The van der Waals surface area contributed by atoms with Gasteiger partial charge in [0.25, 0.3) is 5.91 Å². The Bertz CT molecular complexity index is 281. The summed E-state index contributed by atoms with van der Waals surface area (Å²) in [6.07, 6.45) is 5.33. The Hall–Kier alpha value is -0.610. The van der Waals surface area contributed by atoms with Gasteiger partial charge in [0.15, 0.2) is 0 Å². The molecule has 4 nitrogen and oxygen atoms in total. The van der Waals surface area contributed by atoms with E-state index in [1.165, 1.54) is 19.3 Å². The number of hydrogen-bond donors (Lipinski definition) is 1. The quantitative estimate of drug-likeness (QED) is 0.706. The molecule has 0 aromatic carbocycles. The summed E-state index contributed by atoms with van der Waals surface area (Å²) in [6.45, 7) is 3.77. The van der Waals surface area contributed by atoms with Crippen LogP contribution in [0, 0.1) is 0 Å². The smallest absolute Gasteiger partial charge is 0.252 e. The van der Waals surface area contributed by atoms with Gasteiger partial charge in [-0.3, -0.25) is 4.79 Å². The molecule has 0 aliphatic carbocycles. The van der Waals surface area contributed by atoms with Crippen LogP contribution in [0.5, 0.6) is 0 Å². The van der Waals surface area contributed by atoms with Crippen LogP contribution in [0.25, 0.3) is 0 Å². The van der Waals surface area contributed by atoms with Gasteiger partial charge in [-0.25, -0.2) is 0 Å². The number of ether oxygens (including phenoxy) is 1. The Morgan fingerprint density at radius 1 is 1.38 bits per heavy atom. The third-order valence-corrected chi connectivity index (χ3v) is 4.29. The number of carbonyl (C=O) groups is 1. The summed E-state index contributed by atoms with van der Waals surface area (Å²) < 4.78 is 5.49. The molecule has 4 heteroatoms. The largest absolute Gasteiger partial charge is 0.368 e. The predicted octanol–water partition coefficient (Wildman–Crippen LogP) is 0.520. The third-order valence-electron chi connectivity index (χ3n) is 4.29. The van der Waals surface area contributed by atoms with Crippen LogP contribution >= 0.6 is 0 Å². The van der Waals surface area contributed by atoms with Crippen LogP contribution in [0.4, 0.5) is 0 Å². The van der Waals surface area contributed by atoms with E-state index >= 15 is 0 Å². The first-order valence-corrected chi connectivity index (χ1v) is 6.46. The van der Waals surface area contributed by atoms with Crippen LogP contribution in [0.1, 0.15) is 32.1 Å². The van der Waals surface area contributed by atoms with Crippen molar-refractivity contribution in [3.8, 4) is 0 Å². The summed E-state index contributed by atoms with van der Waals surface area (Å²) in [5.74, 6) is 0.243. The molecule has 1 N–H and O–H groups in total. The average molecular weight is 224 g/mol. The van der Waals surface area contributed by atoms with Crippen LogP contribution in [0.2, 0.25) is 0 Å². The van der Waals surface area contributed by atoms with Crippen molar-refractivity contribution >= 4 is 5.91 Å². The maximum absolute atomic E-state index is 12.3. The van der Waals surface area contributed by atoms with Crippen molar-refractivity contribution in [3.63, 3.8) is 0 Å². The second kappa shape index (κ2) is 4.00. The molecule has 2 atom stereocenters. The van der Waals surface area contributed by atoms with Gasteiger partial charge in [-0.2, -0.15) is 0 Å². The van der Waals surface area contributed by atoms with E-state index in [9.17, 15) is 4.79 Å². The summed E-state index contributed by atoms with van der Waals surface area (Å²) >= 11 is 0. The second-order valence-electron chi connectivity index (χ2n) is 5.25. The lowest BCUT2D eigenvalue weighted by molar-refractivity contribution is -0.159. The molecule has 0 unspecified atom stereocenters. The molecular weight excluding hydrogens is 204 g/mol. The molecule has 0 radical (unpaired) electrons. The molecule has 0 aromatic rings. The van der Waals surface area contributed by atoms with Crippen molar-refractivity contribution in [2.45, 2.75) is 43.7 Å². The number of carbonyl (C=O) groups excluding carboxylic acids is 1. The van der Waals surface area contributed by atoms with Crippen LogP contribution in [0.3, 0.4) is 0 Å². The number of rotatable bonds is 1. The van der Waals surface area contributed by atoms with Gasteiger partial charge in [-0.05, 0) is 38.6 Å². The Morgan fingerprint density at radius 2 is 2.31 bits per heavy atom. The van der Waals surface area contributed by atoms with Crippen LogP contribution in [-0.2, 0) is 9.53 Å². The number of nitrogens with zero attached hydrogens (tertiary/aromatic N) is 1. The highest BCUT2D eigenvalue weighted by molar-refractivity contribution is 5.83. The molecule has 3 aliphatic rings. The van der Waals surface area contributed by atoms with E-state index in [-0.39, 0.29) is 17.6 Å². The number of nitrogens with one attached hydrogen (secondary N) is 1. The lowest BCUT2D eigenvalue weighted by atomic mass is 9.78. The van der Waals surface area contributed by atoms with E-state index in [0.717, 1.165) is 39.1 Å². The summed E-state index contributed by atoms with van der Waals surface area (Å²) in [7, 11) is 0. The van der Waals surface area contributed by atoms with Gasteiger partial charge in [0.05, 0.1) is 5.54 Å². The Morgan fingerprint density at radius 3 is 2.88 bits per heavy atom. The van der Waals surface area contributed by atoms with Gasteiger partial charge in [0, 0.05) is 19.7 Å². The first-order valence-electron chi connectivity index (χ1n) is 6.46. The van der Waals surface area contributed by atoms with E-state index in [1.807, 2.05) is 0 Å². The van der Waals surface area contributed by atoms with Crippen molar-refractivity contribution in [3.05, 3.63) is 0 Å². The molecule has 1 amide bonds. The molecule has 3 aliphatic heterocycles. The van der Waals surface area contributed by atoms with Gasteiger partial charge < -0.3 is 15.0 Å². The van der Waals surface area contributed by atoms with Crippen LogP contribution < -0.4 is 5.32 Å². The van der Waals surface area contributed by atoms with Crippen LogP contribution in [0.15, 0.2) is 0 Å². The monoisotopic (exact) mass is 224 g/mol. The fourth-order valence-electron chi connectivity index (χ4n) is 3.23. The van der Waals surface area contributed by atoms with Crippen molar-refractivity contribution in [1.29, 1.82) is 0 Å². The maximum Gasteiger partial charge on any atom is 0.252 e. The number of amides is 1. The average Bonchev–Trinajstić information content (AvgIpc) is 2.82. The zero-order chi connectivity index (χ0) is 11.0. The summed E-state index contributed by atoms with van der Waals surface area (Å²) in [6, 6.07) is 0. The van der Waals surface area contributed by atoms with E-state index in [1.54, 1.807) is 0 Å². The molecule has 3 saturated heterocycles. The molecule has 3 fully saturated rings. The van der Waals surface area contributed by atoms with Gasteiger partial charge in [0.1, 0.15) is 6.10 Å². The zero-order valence-corrected chi connectivity index (χ0v) is 9.71. The van der Waals surface area contributed by atoms with E-state index in [2.05, 4.69) is 10.2 Å². The molecule has 0 saturated carbocycles. The molecule has 1 spiro atoms. The molecule has 90 valence electrons. The lowest BCUT2D eigenvalue weighted by Gasteiger charge is -2.55. The maximum atomic E-state index is 12.3. The van der Waals surface area contributed by atoms with Gasteiger partial charge in [0.2, 0.25) is 0 Å². The highest BCUT2D eigenvalue weighted by atomic mass is 16.5. The minimum atomic E-state index is -0.140. The standard InChI is InChI=1S/C12H20N2O2/c15-11(10-3-1-8-16-10)14-7-5-12(14)4-2-6-13-9-12/h10,13H,1-9H2/t10-,12+/m0/s1. The first-order chi connectivity index (χ1) is 7.82. The fourth-order valence-corrected chi connectivity index (χ4v) is 3.23. The molecule has 0 aromatic heterocycles. The minimum Gasteiger partial charge on any atom is -0.368 e. The van der Waals surface area contributed by atoms with Gasteiger partial charge in [-0.15, -0.1) is 0 Å². The van der Waals surface area contributed by atoms with Crippen molar-refractivity contribution in [2.75, 3.05) is 26.2 Å².